The number of pyridine rings is 1. The van der Waals surface area contributed by atoms with E-state index in [-0.39, 0.29) is 5.56 Å². The quantitative estimate of drug-likeness (QED) is 0.829. The summed E-state index contributed by atoms with van der Waals surface area (Å²) in [6, 6.07) is 9.95. The fraction of sp³-hybridized carbons (Fsp3) is 0.294. The van der Waals surface area contributed by atoms with E-state index in [1.165, 1.54) is 14.9 Å². The van der Waals surface area contributed by atoms with Crippen LogP contribution in [-0.2, 0) is 15.0 Å². The molecule has 0 bridgehead atoms. The molecule has 2 aliphatic rings. The molecule has 4 rings (SSSR count). The minimum Gasteiger partial charge on any atom is -0.368 e. The number of hydrogen-bond acceptors (Lipinski definition) is 4. The Hall–Kier alpha value is -2.65. The second-order valence-electron chi connectivity index (χ2n) is 6.40. The van der Waals surface area contributed by atoms with Crippen LogP contribution in [0.3, 0.4) is 0 Å². The fourth-order valence-electron chi connectivity index (χ4n) is 3.78. The molecule has 2 fully saturated rings. The maximum atomic E-state index is 12.9. The summed E-state index contributed by atoms with van der Waals surface area (Å²) in [7, 11) is -3.80. The van der Waals surface area contributed by atoms with Crippen molar-refractivity contribution in [3.63, 3.8) is 0 Å². The number of carbonyl (C=O) groups excluding carboxylic acids is 1. The highest BCUT2D eigenvalue weighted by atomic mass is 32.2. The number of benzene rings is 1. The number of aromatic nitrogens is 1. The van der Waals surface area contributed by atoms with E-state index < -0.39 is 28.2 Å². The van der Waals surface area contributed by atoms with Crippen LogP contribution >= 0.6 is 0 Å². The van der Waals surface area contributed by atoms with Crippen LogP contribution in [0.4, 0.5) is 5.69 Å². The van der Waals surface area contributed by atoms with E-state index >= 15 is 0 Å². The summed E-state index contributed by atoms with van der Waals surface area (Å²) in [6.45, 7) is 0.394. The molecule has 2 aromatic rings. The predicted octanol–water partition coefficient (Wildman–Crippen LogP) is 0.221. The molecule has 1 unspecified atom stereocenters. The molecule has 2 saturated heterocycles. The molecule has 2 aliphatic heterocycles. The first kappa shape index (κ1) is 16.8. The Bertz CT molecular complexity index is 1020. The summed E-state index contributed by atoms with van der Waals surface area (Å²) in [6.07, 6.45) is 2.96. The molecule has 0 radical (unpaired) electrons. The minimum absolute atomic E-state index is 0.190. The maximum absolute atomic E-state index is 12.9. The van der Waals surface area contributed by atoms with E-state index in [1.54, 1.807) is 42.6 Å². The first-order valence-corrected chi connectivity index (χ1v) is 9.69. The van der Waals surface area contributed by atoms with Gasteiger partial charge in [0, 0.05) is 24.5 Å². The Morgan fingerprint density at radius 2 is 1.77 bits per heavy atom. The van der Waals surface area contributed by atoms with Gasteiger partial charge in [0.05, 0.1) is 11.7 Å². The highest BCUT2D eigenvalue weighted by Gasteiger charge is 2.55. The lowest BCUT2D eigenvalue weighted by Gasteiger charge is -2.24. The molecule has 3 heterocycles. The van der Waals surface area contributed by atoms with Gasteiger partial charge in [-0.3, -0.25) is 14.2 Å². The SMILES string of the molecule is NC(=O)C1[C@H]2CCCN2S(=O)(=O)N1c1ccc(-n2ccccc2=O)cc1. The largest absolute Gasteiger partial charge is 0.368 e. The first-order valence-electron chi connectivity index (χ1n) is 8.30. The van der Waals surface area contributed by atoms with Crippen molar-refractivity contribution >= 4 is 21.8 Å². The fourth-order valence-corrected chi connectivity index (χ4v) is 5.85. The van der Waals surface area contributed by atoms with Crippen LogP contribution in [0, 0.1) is 0 Å². The summed E-state index contributed by atoms with van der Waals surface area (Å²) < 4.78 is 29.7. The van der Waals surface area contributed by atoms with Crippen molar-refractivity contribution in [1.29, 1.82) is 0 Å². The average molecular weight is 374 g/mol. The number of anilines is 1. The standard InChI is InChI=1S/C17H18N4O4S/c18-17(23)16-14-4-3-11-20(14)26(24,25)21(16)13-8-6-12(7-9-13)19-10-2-1-5-15(19)22/h1-2,5-10,14,16H,3-4,11H2,(H2,18,23)/t14-,16?/m1/s1. The van der Waals surface area contributed by atoms with E-state index in [2.05, 4.69) is 0 Å². The zero-order valence-corrected chi connectivity index (χ0v) is 14.7. The van der Waals surface area contributed by atoms with Gasteiger partial charge < -0.3 is 5.73 Å². The molecule has 8 nitrogen and oxygen atoms in total. The van der Waals surface area contributed by atoms with Crippen molar-refractivity contribution in [1.82, 2.24) is 8.87 Å². The van der Waals surface area contributed by atoms with Gasteiger partial charge in [-0.05, 0) is 43.2 Å². The average Bonchev–Trinajstić information content (AvgIpc) is 3.17. The molecule has 9 heteroatoms. The Morgan fingerprint density at radius 1 is 1.08 bits per heavy atom. The summed E-state index contributed by atoms with van der Waals surface area (Å²) in [4.78, 5) is 23.9. The molecular weight excluding hydrogens is 356 g/mol. The van der Waals surface area contributed by atoms with E-state index in [0.717, 1.165) is 10.7 Å². The molecule has 2 N–H and O–H groups in total. The minimum atomic E-state index is -3.80. The lowest BCUT2D eigenvalue weighted by atomic mass is 10.1. The Kier molecular flexibility index (Phi) is 3.85. The van der Waals surface area contributed by atoms with Gasteiger partial charge in [0.25, 0.3) is 5.56 Å². The Labute approximate surface area is 150 Å². The van der Waals surface area contributed by atoms with Crippen molar-refractivity contribution in [3.05, 3.63) is 59.0 Å². The topological polar surface area (TPSA) is 106 Å². The van der Waals surface area contributed by atoms with Crippen molar-refractivity contribution in [2.45, 2.75) is 24.9 Å². The van der Waals surface area contributed by atoms with Gasteiger partial charge in [-0.1, -0.05) is 6.07 Å². The van der Waals surface area contributed by atoms with Gasteiger partial charge in [0.2, 0.25) is 5.91 Å². The van der Waals surface area contributed by atoms with Crippen LogP contribution in [0.1, 0.15) is 12.8 Å². The molecule has 2 atom stereocenters. The van der Waals surface area contributed by atoms with Crippen LogP contribution in [0.25, 0.3) is 5.69 Å². The Morgan fingerprint density at radius 3 is 2.42 bits per heavy atom. The number of hydrogen-bond donors (Lipinski definition) is 1. The maximum Gasteiger partial charge on any atom is 0.305 e. The zero-order chi connectivity index (χ0) is 18.5. The van der Waals surface area contributed by atoms with Crippen LogP contribution in [0.2, 0.25) is 0 Å². The molecule has 0 saturated carbocycles. The van der Waals surface area contributed by atoms with Gasteiger partial charge in [0.15, 0.2) is 0 Å². The molecule has 0 spiro atoms. The lowest BCUT2D eigenvalue weighted by molar-refractivity contribution is -0.119. The van der Waals surface area contributed by atoms with Crippen LogP contribution in [0.15, 0.2) is 53.5 Å². The van der Waals surface area contributed by atoms with E-state index in [4.69, 9.17) is 5.73 Å². The van der Waals surface area contributed by atoms with Gasteiger partial charge in [-0.25, -0.2) is 4.31 Å². The number of nitrogens with zero attached hydrogens (tertiary/aromatic N) is 3. The zero-order valence-electron chi connectivity index (χ0n) is 13.9. The highest BCUT2D eigenvalue weighted by Crippen LogP contribution is 2.39. The number of amides is 1. The summed E-state index contributed by atoms with van der Waals surface area (Å²) in [5, 5.41) is 0. The number of rotatable bonds is 3. The molecule has 136 valence electrons. The molecule has 1 aromatic carbocycles. The van der Waals surface area contributed by atoms with E-state index in [1.807, 2.05) is 0 Å². The van der Waals surface area contributed by atoms with Crippen molar-refractivity contribution < 1.29 is 13.2 Å². The van der Waals surface area contributed by atoms with Crippen molar-refractivity contribution in [3.8, 4) is 5.69 Å². The van der Waals surface area contributed by atoms with Crippen LogP contribution < -0.4 is 15.6 Å². The first-order chi connectivity index (χ1) is 12.4. The smallest absolute Gasteiger partial charge is 0.305 e. The van der Waals surface area contributed by atoms with Gasteiger partial charge in [0.1, 0.15) is 6.04 Å². The summed E-state index contributed by atoms with van der Waals surface area (Å²) >= 11 is 0. The van der Waals surface area contributed by atoms with E-state index in [0.29, 0.717) is 24.3 Å². The third-order valence-electron chi connectivity index (χ3n) is 4.91. The number of fused-ring (bicyclic) bond motifs is 1. The normalized spacial score (nSPS) is 24.5. The van der Waals surface area contributed by atoms with Crippen LogP contribution in [-0.4, -0.2) is 41.8 Å². The molecular formula is C17H18N4O4S. The Balaban J connectivity index is 1.76. The monoisotopic (exact) mass is 374 g/mol. The van der Waals surface area contributed by atoms with Gasteiger partial charge in [-0.15, -0.1) is 0 Å². The molecule has 1 aromatic heterocycles. The molecule has 26 heavy (non-hydrogen) atoms. The second kappa shape index (κ2) is 5.96. The van der Waals surface area contributed by atoms with Crippen molar-refractivity contribution in [2.75, 3.05) is 10.8 Å². The summed E-state index contributed by atoms with van der Waals surface area (Å²) in [5.74, 6) is -0.661. The third kappa shape index (κ3) is 2.43. The third-order valence-corrected chi connectivity index (χ3v) is 6.89. The summed E-state index contributed by atoms with van der Waals surface area (Å²) in [5.41, 5.74) is 6.30. The highest BCUT2D eigenvalue weighted by molar-refractivity contribution is 7.90. The lowest BCUT2D eigenvalue weighted by Crippen LogP contribution is -2.46. The van der Waals surface area contributed by atoms with Crippen molar-refractivity contribution in [2.24, 2.45) is 5.73 Å². The van der Waals surface area contributed by atoms with Gasteiger partial charge >= 0.3 is 10.2 Å². The second-order valence-corrected chi connectivity index (χ2v) is 8.15. The molecule has 1 amide bonds. The van der Waals surface area contributed by atoms with Gasteiger partial charge in [-0.2, -0.15) is 12.7 Å². The number of primary amides is 1. The molecule has 0 aliphatic carbocycles. The van der Waals surface area contributed by atoms with Crippen LogP contribution in [0.5, 0.6) is 0 Å². The predicted molar refractivity (Wildman–Crippen MR) is 96.1 cm³/mol. The van der Waals surface area contributed by atoms with E-state index in [9.17, 15) is 18.0 Å². The number of nitrogens with two attached hydrogens (primary N) is 1. The number of carbonyl (C=O) groups is 1.